The molecular weight excluding hydrogens is 454 g/mol. The summed E-state index contributed by atoms with van der Waals surface area (Å²) in [6.07, 6.45) is 1.66. The Morgan fingerprint density at radius 2 is 1.83 bits per heavy atom. The number of aromatic hydroxyl groups is 1. The van der Waals surface area contributed by atoms with E-state index < -0.39 is 0 Å². The molecule has 180 valence electrons. The van der Waals surface area contributed by atoms with Gasteiger partial charge in [-0.25, -0.2) is 9.97 Å². The van der Waals surface area contributed by atoms with E-state index in [0.29, 0.717) is 34.0 Å². The van der Waals surface area contributed by atoms with Gasteiger partial charge in [-0.2, -0.15) is 0 Å². The maximum Gasteiger partial charge on any atom is 0.255 e. The Balaban J connectivity index is 1.49. The maximum absolute atomic E-state index is 13.0. The van der Waals surface area contributed by atoms with Crippen LogP contribution in [-0.2, 0) is 0 Å². The summed E-state index contributed by atoms with van der Waals surface area (Å²) in [6.45, 7) is 5.75. The van der Waals surface area contributed by atoms with Crippen LogP contribution in [0.25, 0.3) is 33.5 Å². The Morgan fingerprint density at radius 1 is 1.00 bits per heavy atom. The van der Waals surface area contributed by atoms with Gasteiger partial charge in [-0.3, -0.25) is 9.78 Å². The average molecular weight is 480 g/mol. The number of rotatable bonds is 5. The fourth-order valence-corrected chi connectivity index (χ4v) is 4.34. The molecular formula is C28H25N5O3. The van der Waals surface area contributed by atoms with Crippen LogP contribution in [0.4, 0.5) is 5.69 Å². The highest BCUT2D eigenvalue weighted by Gasteiger charge is 2.16. The summed E-state index contributed by atoms with van der Waals surface area (Å²) in [7, 11) is 1.57. The number of anilines is 1. The number of phenolic OH excluding ortho intramolecular Hbond substituents is 1. The highest BCUT2D eigenvalue weighted by molar-refractivity contribution is 6.06. The zero-order valence-electron chi connectivity index (χ0n) is 20.4. The van der Waals surface area contributed by atoms with Gasteiger partial charge >= 0.3 is 0 Å². The first kappa shape index (κ1) is 23.0. The van der Waals surface area contributed by atoms with Crippen LogP contribution in [0.2, 0.25) is 0 Å². The highest BCUT2D eigenvalue weighted by atomic mass is 16.5. The second-order valence-electron chi connectivity index (χ2n) is 8.60. The summed E-state index contributed by atoms with van der Waals surface area (Å²) in [5.74, 6) is 0.811. The zero-order valence-corrected chi connectivity index (χ0v) is 20.4. The van der Waals surface area contributed by atoms with Crippen molar-refractivity contribution in [3.05, 3.63) is 83.3 Å². The normalized spacial score (nSPS) is 11.0. The molecule has 0 saturated heterocycles. The van der Waals surface area contributed by atoms with Crippen molar-refractivity contribution in [2.24, 2.45) is 0 Å². The Hall–Kier alpha value is -4.72. The molecule has 1 amide bonds. The molecule has 3 heterocycles. The third-order valence-corrected chi connectivity index (χ3v) is 6.04. The smallest absolute Gasteiger partial charge is 0.255 e. The second kappa shape index (κ2) is 9.14. The summed E-state index contributed by atoms with van der Waals surface area (Å²) in [6, 6.07) is 16.2. The van der Waals surface area contributed by atoms with Gasteiger partial charge in [0, 0.05) is 23.0 Å². The molecule has 0 saturated carbocycles. The van der Waals surface area contributed by atoms with Crippen LogP contribution >= 0.6 is 0 Å². The monoisotopic (exact) mass is 479 g/mol. The van der Waals surface area contributed by atoms with Gasteiger partial charge in [-0.1, -0.05) is 6.07 Å². The predicted molar refractivity (Wildman–Crippen MR) is 139 cm³/mol. The first-order valence-electron chi connectivity index (χ1n) is 11.4. The molecule has 8 heteroatoms. The fourth-order valence-electron chi connectivity index (χ4n) is 4.34. The van der Waals surface area contributed by atoms with E-state index >= 15 is 0 Å². The molecule has 5 rings (SSSR count). The number of pyridine rings is 2. The molecule has 0 spiro atoms. The lowest BCUT2D eigenvalue weighted by atomic mass is 10.0. The molecule has 5 aromatic rings. The van der Waals surface area contributed by atoms with Gasteiger partial charge < -0.3 is 20.1 Å². The van der Waals surface area contributed by atoms with E-state index in [0.717, 1.165) is 33.6 Å². The van der Waals surface area contributed by atoms with Gasteiger partial charge in [0.15, 0.2) is 0 Å². The van der Waals surface area contributed by atoms with Gasteiger partial charge in [-0.05, 0) is 80.4 Å². The van der Waals surface area contributed by atoms with Crippen LogP contribution < -0.4 is 10.1 Å². The van der Waals surface area contributed by atoms with Crippen molar-refractivity contribution < 1.29 is 14.6 Å². The molecule has 8 nitrogen and oxygen atoms in total. The number of H-pyrrole nitrogens is 1. The minimum absolute atomic E-state index is 0.0800. The Bertz CT molecular complexity index is 1600. The van der Waals surface area contributed by atoms with Crippen molar-refractivity contribution in [1.29, 1.82) is 0 Å². The number of ether oxygens (including phenoxy) is 1. The molecule has 2 aromatic carbocycles. The quantitative estimate of drug-likeness (QED) is 0.303. The molecule has 3 N–H and O–H groups in total. The van der Waals surface area contributed by atoms with Crippen LogP contribution in [0.3, 0.4) is 0 Å². The molecule has 0 fully saturated rings. The number of amides is 1. The molecule has 0 aliphatic rings. The van der Waals surface area contributed by atoms with Crippen LogP contribution in [0.5, 0.6) is 11.6 Å². The van der Waals surface area contributed by atoms with E-state index in [1.54, 1.807) is 43.6 Å². The van der Waals surface area contributed by atoms with Crippen LogP contribution in [0, 0.1) is 20.8 Å². The van der Waals surface area contributed by atoms with Gasteiger partial charge in [0.05, 0.1) is 35.1 Å². The molecule has 0 aliphatic heterocycles. The van der Waals surface area contributed by atoms with Crippen LogP contribution in [0.15, 0.2) is 60.8 Å². The first-order valence-corrected chi connectivity index (χ1v) is 11.4. The number of carbonyl (C=O) groups excluding carboxylic acids is 1. The summed E-state index contributed by atoms with van der Waals surface area (Å²) >= 11 is 0. The van der Waals surface area contributed by atoms with Crippen LogP contribution in [-0.4, -0.2) is 38.1 Å². The van der Waals surface area contributed by atoms with E-state index in [2.05, 4.69) is 25.3 Å². The fraction of sp³-hybridized carbons (Fsp3) is 0.143. The third kappa shape index (κ3) is 4.24. The lowest BCUT2D eigenvalue weighted by Gasteiger charge is -2.12. The molecule has 0 aliphatic carbocycles. The lowest BCUT2D eigenvalue weighted by molar-refractivity contribution is 0.102. The Morgan fingerprint density at radius 3 is 2.61 bits per heavy atom. The second-order valence-corrected chi connectivity index (χ2v) is 8.60. The molecule has 0 unspecified atom stereocenters. The van der Waals surface area contributed by atoms with Crippen molar-refractivity contribution in [3.63, 3.8) is 0 Å². The number of hydrogen-bond donors (Lipinski definition) is 3. The van der Waals surface area contributed by atoms with Crippen molar-refractivity contribution in [2.75, 3.05) is 12.4 Å². The zero-order chi connectivity index (χ0) is 25.4. The minimum Gasteiger partial charge on any atom is -0.507 e. The van der Waals surface area contributed by atoms with Gasteiger partial charge in [0.2, 0.25) is 5.88 Å². The highest BCUT2D eigenvalue weighted by Crippen LogP contribution is 2.35. The number of nitrogens with zero attached hydrogens (tertiary/aromatic N) is 3. The summed E-state index contributed by atoms with van der Waals surface area (Å²) in [5.41, 5.74) is 7.31. The molecule has 0 bridgehead atoms. The molecule has 0 atom stereocenters. The molecule has 3 aromatic heterocycles. The topological polar surface area (TPSA) is 113 Å². The number of phenols is 1. The number of imidazole rings is 1. The van der Waals surface area contributed by atoms with Gasteiger partial charge in [-0.15, -0.1) is 0 Å². The number of nitrogens with one attached hydrogen (secondary N) is 2. The van der Waals surface area contributed by atoms with E-state index in [9.17, 15) is 9.90 Å². The Kier molecular flexibility index (Phi) is 5.85. The molecule has 36 heavy (non-hydrogen) atoms. The number of aryl methyl sites for hydroxylation is 3. The summed E-state index contributed by atoms with van der Waals surface area (Å²) < 4.78 is 5.38. The summed E-state index contributed by atoms with van der Waals surface area (Å²) in [5, 5.41) is 13.6. The number of hydrogen-bond acceptors (Lipinski definition) is 6. The van der Waals surface area contributed by atoms with E-state index in [1.807, 2.05) is 45.0 Å². The van der Waals surface area contributed by atoms with E-state index in [1.165, 1.54) is 0 Å². The predicted octanol–water partition coefficient (Wildman–Crippen LogP) is 5.58. The number of aromatic nitrogens is 4. The van der Waals surface area contributed by atoms with Crippen molar-refractivity contribution in [2.45, 2.75) is 20.8 Å². The maximum atomic E-state index is 13.0. The van der Waals surface area contributed by atoms with Crippen molar-refractivity contribution >= 4 is 22.6 Å². The summed E-state index contributed by atoms with van der Waals surface area (Å²) in [4.78, 5) is 29.6. The van der Waals surface area contributed by atoms with Crippen LogP contribution in [0.1, 0.15) is 27.3 Å². The lowest BCUT2D eigenvalue weighted by Crippen LogP contribution is -2.14. The minimum atomic E-state index is -0.244. The average Bonchev–Trinajstić information content (AvgIpc) is 3.29. The number of carbonyl (C=O) groups is 1. The van der Waals surface area contributed by atoms with Crippen molar-refractivity contribution in [3.8, 4) is 34.1 Å². The van der Waals surface area contributed by atoms with Gasteiger partial charge in [0.25, 0.3) is 5.91 Å². The van der Waals surface area contributed by atoms with E-state index in [4.69, 9.17) is 4.74 Å². The third-order valence-electron chi connectivity index (χ3n) is 6.04. The number of methoxy groups -OCH3 is 1. The number of aromatic amines is 1. The molecule has 0 radical (unpaired) electrons. The SMILES string of the molecule is COc1ncccc1-c1ccc(O)c(-c2nc3cc(C(=O)Nc4c(C)cc(C)nc4C)ccc3[nH]2)c1. The largest absolute Gasteiger partial charge is 0.507 e. The Labute approximate surface area is 208 Å². The van der Waals surface area contributed by atoms with E-state index in [-0.39, 0.29) is 11.7 Å². The number of benzene rings is 2. The number of fused-ring (bicyclic) bond motifs is 1. The van der Waals surface area contributed by atoms with Gasteiger partial charge in [0.1, 0.15) is 11.6 Å². The first-order chi connectivity index (χ1) is 17.3. The van der Waals surface area contributed by atoms with Crippen molar-refractivity contribution in [1.82, 2.24) is 19.9 Å². The standard InChI is InChI=1S/C28H25N5O3/c1-15-12-16(2)30-17(3)25(15)33-27(35)19-7-9-22-23(14-19)32-26(31-22)21-13-18(8-10-24(21)34)20-6-5-11-29-28(20)36-4/h5-14,34H,1-4H3,(H,31,32)(H,33,35).